The average Bonchev–Trinajstić information content (AvgIpc) is 2.64. The molecule has 2 N–H and O–H groups in total. The van der Waals surface area contributed by atoms with E-state index in [0.29, 0.717) is 0 Å². The summed E-state index contributed by atoms with van der Waals surface area (Å²) in [5.74, 6) is 0.801. The first-order valence-electron chi connectivity index (χ1n) is 5.01. The van der Waals surface area contributed by atoms with Crippen LogP contribution in [0.4, 0.5) is 0 Å². The van der Waals surface area contributed by atoms with E-state index in [1.54, 1.807) is 13.4 Å². The summed E-state index contributed by atoms with van der Waals surface area (Å²) in [6, 6.07) is 6.11. The van der Waals surface area contributed by atoms with Crippen LogP contribution in [-0.4, -0.2) is 13.2 Å². The van der Waals surface area contributed by atoms with Gasteiger partial charge in [-0.2, -0.15) is 0 Å². The Labute approximate surface area is 88.8 Å². The van der Waals surface area contributed by atoms with Crippen LogP contribution < -0.4 is 10.5 Å². The topological polar surface area (TPSA) is 48.4 Å². The van der Waals surface area contributed by atoms with Crippen LogP contribution in [0, 0.1) is 0 Å². The van der Waals surface area contributed by atoms with Crippen molar-refractivity contribution in [2.75, 3.05) is 7.11 Å². The highest BCUT2D eigenvalue weighted by molar-refractivity contribution is 5.84. The van der Waals surface area contributed by atoms with Crippen molar-refractivity contribution in [1.82, 2.24) is 0 Å². The molecule has 15 heavy (non-hydrogen) atoms. The summed E-state index contributed by atoms with van der Waals surface area (Å²) < 4.78 is 10.8. The van der Waals surface area contributed by atoms with Crippen LogP contribution in [0.1, 0.15) is 12.5 Å². The number of methoxy groups -OCH3 is 1. The molecule has 2 aromatic rings. The van der Waals surface area contributed by atoms with Crippen LogP contribution in [-0.2, 0) is 6.42 Å². The third-order valence-corrected chi connectivity index (χ3v) is 2.40. The van der Waals surface area contributed by atoms with E-state index in [0.717, 1.165) is 28.7 Å². The van der Waals surface area contributed by atoms with Crippen LogP contribution >= 0.6 is 0 Å². The first kappa shape index (κ1) is 10.1. The molecule has 0 bridgehead atoms. The maximum Gasteiger partial charge on any atom is 0.175 e. The van der Waals surface area contributed by atoms with Crippen molar-refractivity contribution >= 4 is 11.0 Å². The van der Waals surface area contributed by atoms with Gasteiger partial charge in [-0.05, 0) is 25.0 Å². The van der Waals surface area contributed by atoms with Gasteiger partial charge in [0, 0.05) is 11.4 Å². The maximum atomic E-state index is 5.78. The Morgan fingerprint density at radius 1 is 1.40 bits per heavy atom. The van der Waals surface area contributed by atoms with Crippen LogP contribution in [0.3, 0.4) is 0 Å². The average molecular weight is 205 g/mol. The Kier molecular flexibility index (Phi) is 2.64. The number of benzene rings is 1. The second-order valence-electron chi connectivity index (χ2n) is 3.78. The van der Waals surface area contributed by atoms with E-state index in [2.05, 4.69) is 0 Å². The van der Waals surface area contributed by atoms with Gasteiger partial charge in [0.2, 0.25) is 0 Å². The van der Waals surface area contributed by atoms with Gasteiger partial charge in [0.05, 0.1) is 13.4 Å². The molecular formula is C12H15NO2. The lowest BCUT2D eigenvalue weighted by atomic mass is 10.0. The molecule has 1 unspecified atom stereocenters. The zero-order valence-electron chi connectivity index (χ0n) is 8.99. The van der Waals surface area contributed by atoms with Gasteiger partial charge >= 0.3 is 0 Å². The van der Waals surface area contributed by atoms with E-state index in [1.165, 1.54) is 0 Å². The molecular weight excluding hydrogens is 190 g/mol. The Morgan fingerprint density at radius 2 is 2.20 bits per heavy atom. The van der Waals surface area contributed by atoms with E-state index in [4.69, 9.17) is 14.9 Å². The quantitative estimate of drug-likeness (QED) is 0.836. The molecule has 0 aliphatic heterocycles. The van der Waals surface area contributed by atoms with Gasteiger partial charge in [-0.15, -0.1) is 0 Å². The third-order valence-electron chi connectivity index (χ3n) is 2.40. The van der Waals surface area contributed by atoms with Crippen LogP contribution in [0.25, 0.3) is 11.0 Å². The maximum absolute atomic E-state index is 5.78. The van der Waals surface area contributed by atoms with Crippen molar-refractivity contribution in [3.8, 4) is 5.75 Å². The highest BCUT2D eigenvalue weighted by Gasteiger charge is 2.11. The lowest BCUT2D eigenvalue weighted by Crippen LogP contribution is -2.18. The molecule has 1 aromatic carbocycles. The van der Waals surface area contributed by atoms with E-state index in [1.807, 2.05) is 25.1 Å². The van der Waals surface area contributed by atoms with E-state index in [9.17, 15) is 0 Å². The van der Waals surface area contributed by atoms with Crippen molar-refractivity contribution in [1.29, 1.82) is 0 Å². The first-order chi connectivity index (χ1) is 7.22. The van der Waals surface area contributed by atoms with E-state index in [-0.39, 0.29) is 6.04 Å². The second-order valence-corrected chi connectivity index (χ2v) is 3.78. The van der Waals surface area contributed by atoms with Crippen molar-refractivity contribution in [3.63, 3.8) is 0 Å². The molecule has 3 nitrogen and oxygen atoms in total. The molecule has 0 aliphatic rings. The zero-order valence-corrected chi connectivity index (χ0v) is 8.99. The second kappa shape index (κ2) is 3.95. The molecule has 0 spiro atoms. The van der Waals surface area contributed by atoms with E-state index < -0.39 is 0 Å². The largest absolute Gasteiger partial charge is 0.493 e. The van der Waals surface area contributed by atoms with Crippen LogP contribution in [0.15, 0.2) is 28.9 Å². The minimum absolute atomic E-state index is 0.117. The molecule has 0 fully saturated rings. The van der Waals surface area contributed by atoms with Crippen molar-refractivity contribution in [2.45, 2.75) is 19.4 Å². The fraction of sp³-hybridized carbons (Fsp3) is 0.333. The lowest BCUT2D eigenvalue weighted by Gasteiger charge is -2.10. The summed E-state index contributed by atoms with van der Waals surface area (Å²) in [6.45, 7) is 1.98. The molecule has 0 radical (unpaired) electrons. The van der Waals surface area contributed by atoms with E-state index >= 15 is 0 Å². The number of furan rings is 1. The van der Waals surface area contributed by atoms with Crippen LogP contribution in [0.2, 0.25) is 0 Å². The number of hydrogen-bond acceptors (Lipinski definition) is 3. The van der Waals surface area contributed by atoms with Gasteiger partial charge in [0.15, 0.2) is 11.3 Å². The van der Waals surface area contributed by atoms with Gasteiger partial charge < -0.3 is 14.9 Å². The summed E-state index contributed by atoms with van der Waals surface area (Å²) in [5.41, 5.74) is 7.68. The molecule has 3 heteroatoms. The number of ether oxygens (including phenoxy) is 1. The summed E-state index contributed by atoms with van der Waals surface area (Å²) in [6.07, 6.45) is 2.46. The summed E-state index contributed by atoms with van der Waals surface area (Å²) >= 11 is 0. The number of fused-ring (bicyclic) bond motifs is 1. The monoisotopic (exact) mass is 205 g/mol. The minimum Gasteiger partial charge on any atom is -0.493 e. The minimum atomic E-state index is 0.117. The Balaban J connectivity index is 2.53. The Bertz CT molecular complexity index is 460. The first-order valence-corrected chi connectivity index (χ1v) is 5.01. The smallest absolute Gasteiger partial charge is 0.175 e. The number of hydrogen-bond donors (Lipinski definition) is 1. The Morgan fingerprint density at radius 3 is 2.87 bits per heavy atom. The molecule has 0 aliphatic carbocycles. The molecule has 0 saturated heterocycles. The molecule has 0 amide bonds. The standard InChI is InChI=1S/C12H15NO2/c1-8(13)7-10-4-3-9-5-6-15-12(9)11(10)14-2/h3-6,8H,7,13H2,1-2H3. The predicted octanol–water partition coefficient (Wildman–Crippen LogP) is 2.33. The molecule has 2 rings (SSSR count). The predicted molar refractivity (Wildman–Crippen MR) is 60.1 cm³/mol. The van der Waals surface area contributed by atoms with Gasteiger partial charge in [-0.1, -0.05) is 12.1 Å². The molecule has 80 valence electrons. The molecule has 1 aromatic heterocycles. The Hall–Kier alpha value is -1.48. The number of nitrogens with two attached hydrogens (primary N) is 1. The third kappa shape index (κ3) is 1.83. The van der Waals surface area contributed by atoms with Crippen molar-refractivity contribution < 1.29 is 9.15 Å². The molecule has 1 heterocycles. The fourth-order valence-corrected chi connectivity index (χ4v) is 1.78. The van der Waals surface area contributed by atoms with Crippen molar-refractivity contribution in [2.24, 2.45) is 5.73 Å². The van der Waals surface area contributed by atoms with Gasteiger partial charge in [-0.25, -0.2) is 0 Å². The fourth-order valence-electron chi connectivity index (χ4n) is 1.78. The summed E-state index contributed by atoms with van der Waals surface area (Å²) in [7, 11) is 1.65. The number of rotatable bonds is 3. The summed E-state index contributed by atoms with van der Waals surface area (Å²) in [5, 5.41) is 1.06. The SMILES string of the molecule is COc1c(CC(C)N)ccc2ccoc12. The highest BCUT2D eigenvalue weighted by atomic mass is 16.5. The molecule has 0 saturated carbocycles. The summed E-state index contributed by atoms with van der Waals surface area (Å²) in [4.78, 5) is 0. The van der Waals surface area contributed by atoms with Crippen LogP contribution in [0.5, 0.6) is 5.75 Å². The zero-order chi connectivity index (χ0) is 10.8. The van der Waals surface area contributed by atoms with Gasteiger partial charge in [0.1, 0.15) is 0 Å². The van der Waals surface area contributed by atoms with Gasteiger partial charge in [-0.3, -0.25) is 0 Å². The lowest BCUT2D eigenvalue weighted by molar-refractivity contribution is 0.404. The highest BCUT2D eigenvalue weighted by Crippen LogP contribution is 2.31. The van der Waals surface area contributed by atoms with Crippen molar-refractivity contribution in [3.05, 3.63) is 30.0 Å². The normalized spacial score (nSPS) is 13.0. The van der Waals surface area contributed by atoms with Gasteiger partial charge in [0.25, 0.3) is 0 Å². The molecule has 1 atom stereocenters.